The summed E-state index contributed by atoms with van der Waals surface area (Å²) in [4.78, 5) is 5.44. The molecule has 3 heteroatoms. The molecule has 2 rings (SSSR count). The Balaban J connectivity index is 1.98. The van der Waals surface area contributed by atoms with Gasteiger partial charge in [0.25, 0.3) is 0 Å². The average Bonchev–Trinajstić information content (AvgIpc) is 2.82. The summed E-state index contributed by atoms with van der Waals surface area (Å²) in [5, 5.41) is 5.85. The second-order valence-corrected chi connectivity index (χ2v) is 5.61. The Morgan fingerprint density at radius 1 is 1.33 bits per heavy atom. The van der Waals surface area contributed by atoms with Crippen LogP contribution < -0.4 is 5.32 Å². The fourth-order valence-corrected chi connectivity index (χ4v) is 2.90. The van der Waals surface area contributed by atoms with Crippen LogP contribution in [-0.4, -0.2) is 11.5 Å². The van der Waals surface area contributed by atoms with Gasteiger partial charge >= 0.3 is 0 Å². The van der Waals surface area contributed by atoms with E-state index in [9.17, 15) is 0 Å². The highest BCUT2D eigenvalue weighted by molar-refractivity contribution is 7.10. The zero-order chi connectivity index (χ0) is 12.8. The number of aryl methyl sites for hydroxylation is 2. The number of aromatic nitrogens is 1. The molecule has 0 spiro atoms. The topological polar surface area (TPSA) is 24.9 Å². The summed E-state index contributed by atoms with van der Waals surface area (Å²) in [5.41, 5.74) is 2.79. The molecule has 2 aromatic rings. The van der Waals surface area contributed by atoms with Gasteiger partial charge in [-0.2, -0.15) is 0 Å². The van der Waals surface area contributed by atoms with Gasteiger partial charge in [0.05, 0.1) is 0 Å². The summed E-state index contributed by atoms with van der Waals surface area (Å²) in [6, 6.07) is 6.96. The van der Waals surface area contributed by atoms with Crippen LogP contribution in [0.3, 0.4) is 0 Å². The van der Waals surface area contributed by atoms with Crippen LogP contribution in [0.5, 0.6) is 0 Å². The van der Waals surface area contributed by atoms with Crippen molar-refractivity contribution in [2.45, 2.75) is 32.7 Å². The molecule has 18 heavy (non-hydrogen) atoms. The smallest absolute Gasteiger partial charge is 0.0331 e. The Morgan fingerprint density at radius 2 is 2.11 bits per heavy atom. The van der Waals surface area contributed by atoms with E-state index in [1.807, 2.05) is 23.7 Å². The fourth-order valence-electron chi connectivity index (χ4n) is 2.14. The first kappa shape index (κ1) is 13.2. The number of hydrogen-bond acceptors (Lipinski definition) is 3. The summed E-state index contributed by atoms with van der Waals surface area (Å²) in [6.45, 7) is 5.34. The van der Waals surface area contributed by atoms with Gasteiger partial charge in [-0.3, -0.25) is 4.98 Å². The molecule has 1 unspecified atom stereocenters. The minimum absolute atomic E-state index is 0.466. The molecule has 2 aromatic heterocycles. The molecule has 0 amide bonds. The Kier molecular flexibility index (Phi) is 4.90. The van der Waals surface area contributed by atoms with Crippen LogP contribution in [0.15, 0.2) is 36.0 Å². The van der Waals surface area contributed by atoms with Crippen molar-refractivity contribution < 1.29 is 0 Å². The van der Waals surface area contributed by atoms with Crippen molar-refractivity contribution in [1.82, 2.24) is 10.3 Å². The first-order valence-corrected chi connectivity index (χ1v) is 7.35. The summed E-state index contributed by atoms with van der Waals surface area (Å²) in [6.07, 6.45) is 5.96. The zero-order valence-corrected chi connectivity index (χ0v) is 11.8. The molecular weight excluding hydrogens is 240 g/mol. The molecule has 2 nitrogen and oxygen atoms in total. The van der Waals surface area contributed by atoms with E-state index in [1.165, 1.54) is 16.0 Å². The summed E-state index contributed by atoms with van der Waals surface area (Å²) in [7, 11) is 0. The summed E-state index contributed by atoms with van der Waals surface area (Å²) in [5.74, 6) is 0. The molecule has 0 saturated heterocycles. The molecule has 0 bridgehead atoms. The molecule has 0 aliphatic heterocycles. The average molecular weight is 260 g/mol. The molecule has 0 fully saturated rings. The van der Waals surface area contributed by atoms with E-state index in [0.717, 1.165) is 19.4 Å². The summed E-state index contributed by atoms with van der Waals surface area (Å²) >= 11 is 1.83. The van der Waals surface area contributed by atoms with Crippen LogP contribution in [0.25, 0.3) is 0 Å². The van der Waals surface area contributed by atoms with Crippen molar-refractivity contribution >= 4 is 11.3 Å². The van der Waals surface area contributed by atoms with Gasteiger partial charge in [-0.25, -0.2) is 0 Å². The molecule has 0 aliphatic carbocycles. The highest BCUT2D eigenvalue weighted by Gasteiger charge is 2.11. The molecular formula is C15H20N2S. The molecule has 2 heterocycles. The van der Waals surface area contributed by atoms with Crippen LogP contribution in [0.2, 0.25) is 0 Å². The number of nitrogens with one attached hydrogen (secondary N) is 1. The predicted molar refractivity (Wildman–Crippen MR) is 78.0 cm³/mol. The predicted octanol–water partition coefficient (Wildman–Crippen LogP) is 3.73. The van der Waals surface area contributed by atoms with Gasteiger partial charge in [0, 0.05) is 23.3 Å². The highest BCUT2D eigenvalue weighted by atomic mass is 32.1. The lowest BCUT2D eigenvalue weighted by Gasteiger charge is -2.16. The van der Waals surface area contributed by atoms with E-state index >= 15 is 0 Å². The van der Waals surface area contributed by atoms with Crippen LogP contribution >= 0.6 is 11.3 Å². The Labute approximate surface area is 113 Å². The third kappa shape index (κ3) is 3.65. The lowest BCUT2D eigenvalue weighted by atomic mass is 10.0. The van der Waals surface area contributed by atoms with Gasteiger partial charge in [0.1, 0.15) is 0 Å². The lowest BCUT2D eigenvalue weighted by molar-refractivity contribution is 0.516. The summed E-state index contributed by atoms with van der Waals surface area (Å²) < 4.78 is 0. The Hall–Kier alpha value is -1.19. The van der Waals surface area contributed by atoms with Crippen molar-refractivity contribution in [3.63, 3.8) is 0 Å². The molecule has 0 aliphatic rings. The quantitative estimate of drug-likeness (QED) is 0.856. The minimum atomic E-state index is 0.466. The van der Waals surface area contributed by atoms with E-state index in [4.69, 9.17) is 0 Å². The maximum absolute atomic E-state index is 4.06. The van der Waals surface area contributed by atoms with Gasteiger partial charge in [0.15, 0.2) is 0 Å². The molecule has 1 N–H and O–H groups in total. The van der Waals surface area contributed by atoms with Crippen LogP contribution in [-0.2, 0) is 6.42 Å². The van der Waals surface area contributed by atoms with Gasteiger partial charge in [-0.15, -0.1) is 11.3 Å². The lowest BCUT2D eigenvalue weighted by Crippen LogP contribution is -2.21. The SMILES string of the molecule is CCNC(CCc1ccncc1)c1csc(C)c1. The largest absolute Gasteiger partial charge is 0.310 e. The maximum atomic E-state index is 4.06. The molecule has 0 radical (unpaired) electrons. The van der Waals surface area contributed by atoms with Gasteiger partial charge in [0.2, 0.25) is 0 Å². The first-order valence-electron chi connectivity index (χ1n) is 6.47. The molecule has 0 aromatic carbocycles. The third-order valence-corrected chi connectivity index (χ3v) is 3.95. The van der Waals surface area contributed by atoms with Crippen molar-refractivity contribution in [1.29, 1.82) is 0 Å². The van der Waals surface area contributed by atoms with E-state index < -0.39 is 0 Å². The number of rotatable bonds is 6. The number of nitrogens with zero attached hydrogens (tertiary/aromatic N) is 1. The van der Waals surface area contributed by atoms with Crippen LogP contribution in [0.1, 0.15) is 35.4 Å². The highest BCUT2D eigenvalue weighted by Crippen LogP contribution is 2.24. The second-order valence-electron chi connectivity index (χ2n) is 4.50. The normalized spacial score (nSPS) is 12.6. The first-order chi connectivity index (χ1) is 8.79. The molecule has 1 atom stereocenters. The van der Waals surface area contributed by atoms with Gasteiger partial charge in [-0.1, -0.05) is 6.92 Å². The van der Waals surface area contributed by atoms with Crippen molar-refractivity contribution in [3.8, 4) is 0 Å². The van der Waals surface area contributed by atoms with Gasteiger partial charge in [-0.05, 0) is 61.0 Å². The maximum Gasteiger partial charge on any atom is 0.0331 e. The van der Waals surface area contributed by atoms with Gasteiger partial charge < -0.3 is 5.32 Å². The van der Waals surface area contributed by atoms with Crippen LogP contribution in [0.4, 0.5) is 0 Å². The van der Waals surface area contributed by atoms with Crippen molar-refractivity contribution in [2.24, 2.45) is 0 Å². The Morgan fingerprint density at radius 3 is 2.72 bits per heavy atom. The molecule has 96 valence electrons. The monoisotopic (exact) mass is 260 g/mol. The van der Waals surface area contributed by atoms with E-state index in [-0.39, 0.29) is 0 Å². The van der Waals surface area contributed by atoms with Crippen LogP contribution in [0, 0.1) is 6.92 Å². The standard InChI is InChI=1S/C15H20N2S/c1-3-17-15(14-10-12(2)18-11-14)5-4-13-6-8-16-9-7-13/h6-11,15,17H,3-5H2,1-2H3. The number of hydrogen-bond donors (Lipinski definition) is 1. The molecule has 0 saturated carbocycles. The third-order valence-electron chi connectivity index (χ3n) is 3.07. The zero-order valence-electron chi connectivity index (χ0n) is 11.0. The Bertz CT molecular complexity index is 464. The van der Waals surface area contributed by atoms with E-state index in [0.29, 0.717) is 6.04 Å². The van der Waals surface area contributed by atoms with Crippen molar-refractivity contribution in [2.75, 3.05) is 6.54 Å². The number of pyridine rings is 1. The number of thiophene rings is 1. The van der Waals surface area contributed by atoms with Crippen molar-refractivity contribution in [3.05, 3.63) is 52.0 Å². The van der Waals surface area contributed by atoms with E-state index in [2.05, 4.69) is 47.7 Å². The minimum Gasteiger partial charge on any atom is -0.310 e. The van der Waals surface area contributed by atoms with E-state index in [1.54, 1.807) is 0 Å². The second kappa shape index (κ2) is 6.66. The fraction of sp³-hybridized carbons (Fsp3) is 0.400.